The second kappa shape index (κ2) is 11.8. The number of ether oxygens (including phenoxy) is 2. The number of fused-ring (bicyclic) bond motifs is 1. The van der Waals surface area contributed by atoms with E-state index in [4.69, 9.17) is 14.5 Å². The lowest BCUT2D eigenvalue weighted by molar-refractivity contribution is -0.122. The fourth-order valence-corrected chi connectivity index (χ4v) is 4.97. The second-order valence-electron chi connectivity index (χ2n) is 9.29. The van der Waals surface area contributed by atoms with Crippen LogP contribution < -0.4 is 20.1 Å². The number of benzene rings is 2. The van der Waals surface area contributed by atoms with Crippen LogP contribution in [0.3, 0.4) is 0 Å². The molecular formula is C28H31BrN6O3. The molecule has 0 bridgehead atoms. The maximum atomic E-state index is 11.4. The molecule has 3 heterocycles. The van der Waals surface area contributed by atoms with E-state index in [1.165, 1.54) is 5.56 Å². The van der Waals surface area contributed by atoms with Crippen LogP contribution in [0.1, 0.15) is 18.4 Å². The van der Waals surface area contributed by atoms with Gasteiger partial charge >= 0.3 is 0 Å². The number of carbonyl (C=O) groups is 1. The van der Waals surface area contributed by atoms with Crippen molar-refractivity contribution in [1.29, 1.82) is 0 Å². The number of carbonyl (C=O) groups excluding carboxylic acids is 1. The summed E-state index contributed by atoms with van der Waals surface area (Å²) in [5, 5.41) is 6.27. The van der Waals surface area contributed by atoms with E-state index >= 15 is 0 Å². The molecule has 0 atom stereocenters. The van der Waals surface area contributed by atoms with Gasteiger partial charge in [0.15, 0.2) is 12.3 Å². The summed E-state index contributed by atoms with van der Waals surface area (Å²) in [5.74, 6) is 2.05. The van der Waals surface area contributed by atoms with Crippen molar-refractivity contribution >= 4 is 38.7 Å². The minimum absolute atomic E-state index is 0.0200. The van der Waals surface area contributed by atoms with Gasteiger partial charge in [-0.15, -0.1) is 0 Å². The van der Waals surface area contributed by atoms with E-state index in [9.17, 15) is 4.79 Å². The van der Waals surface area contributed by atoms with Gasteiger partial charge in [0.05, 0.1) is 17.3 Å². The van der Waals surface area contributed by atoms with Crippen molar-refractivity contribution in [2.75, 3.05) is 39.2 Å². The summed E-state index contributed by atoms with van der Waals surface area (Å²) in [6, 6.07) is 16.1. The summed E-state index contributed by atoms with van der Waals surface area (Å²) in [4.78, 5) is 26.6. The lowest BCUT2D eigenvalue weighted by atomic mass is 10.0. The number of likely N-dealkylation sites (tertiary alicyclic amines) is 1. The highest BCUT2D eigenvalue weighted by atomic mass is 79.9. The molecule has 1 aliphatic rings. The monoisotopic (exact) mass is 578 g/mol. The number of halogens is 1. The summed E-state index contributed by atoms with van der Waals surface area (Å²) >= 11 is 3.67. The summed E-state index contributed by atoms with van der Waals surface area (Å²) < 4.78 is 11.7. The number of nitrogens with zero attached hydrogens (tertiary/aromatic N) is 3. The maximum absolute atomic E-state index is 11.4. The molecule has 9 nitrogen and oxygen atoms in total. The number of piperidine rings is 1. The molecule has 2 aromatic heterocycles. The molecule has 1 aliphatic heterocycles. The standard InChI is InChI=1S/C28H31BrN6O3/c1-30-24(36)17-38-22-9-5-19(6-10-22)27-33-26-25(23(29)15-31-28(26)34-27)32-20-11-13-35(14-12-20)16-18-3-7-21(37-2)8-4-18/h3-10,15,20H,11-14,16-17H2,1-2H3,(H,30,36)(H2,31,32,33,34). The number of likely N-dealkylation sites (N-methyl/N-ethyl adjacent to an activating group) is 1. The van der Waals surface area contributed by atoms with Crippen LogP contribution >= 0.6 is 15.9 Å². The fraction of sp³-hybridized carbons (Fsp3) is 0.321. The largest absolute Gasteiger partial charge is 0.497 e. The molecule has 1 fully saturated rings. The highest BCUT2D eigenvalue weighted by molar-refractivity contribution is 9.10. The first-order valence-electron chi connectivity index (χ1n) is 12.6. The van der Waals surface area contributed by atoms with Gasteiger partial charge < -0.3 is 25.1 Å². The van der Waals surface area contributed by atoms with Crippen LogP contribution in [-0.4, -0.2) is 65.7 Å². The summed E-state index contributed by atoms with van der Waals surface area (Å²) in [6.07, 6.45) is 3.89. The number of nitrogens with one attached hydrogen (secondary N) is 3. The van der Waals surface area contributed by atoms with Crippen LogP contribution in [-0.2, 0) is 11.3 Å². The maximum Gasteiger partial charge on any atom is 0.257 e. The van der Waals surface area contributed by atoms with Gasteiger partial charge in [0, 0.05) is 44.5 Å². The summed E-state index contributed by atoms with van der Waals surface area (Å²) in [6.45, 7) is 2.97. The van der Waals surface area contributed by atoms with Crippen LogP contribution in [0.15, 0.2) is 59.2 Å². The number of imidazole rings is 1. The van der Waals surface area contributed by atoms with Crippen LogP contribution in [0.4, 0.5) is 5.69 Å². The molecule has 5 rings (SSSR count). The van der Waals surface area contributed by atoms with E-state index in [0.29, 0.717) is 11.8 Å². The number of hydrogen-bond acceptors (Lipinski definition) is 7. The van der Waals surface area contributed by atoms with Crippen molar-refractivity contribution in [2.45, 2.75) is 25.4 Å². The lowest BCUT2D eigenvalue weighted by Crippen LogP contribution is -2.38. The Hall–Kier alpha value is -3.63. The Bertz CT molecular complexity index is 1380. The molecule has 10 heteroatoms. The topological polar surface area (TPSA) is 104 Å². The van der Waals surface area contributed by atoms with Crippen LogP contribution in [0.2, 0.25) is 0 Å². The number of pyridine rings is 1. The Morgan fingerprint density at radius 2 is 1.82 bits per heavy atom. The summed E-state index contributed by atoms with van der Waals surface area (Å²) in [7, 11) is 3.27. The quantitative estimate of drug-likeness (QED) is 0.266. The van der Waals surface area contributed by atoms with E-state index < -0.39 is 0 Å². The zero-order chi connectivity index (χ0) is 26.5. The predicted octanol–water partition coefficient (Wildman–Crippen LogP) is 4.60. The van der Waals surface area contributed by atoms with E-state index in [1.807, 2.05) is 36.4 Å². The number of methoxy groups -OCH3 is 1. The minimum atomic E-state index is -0.175. The third-order valence-electron chi connectivity index (χ3n) is 6.75. The van der Waals surface area contributed by atoms with Gasteiger partial charge in [-0.25, -0.2) is 9.97 Å². The number of rotatable bonds is 9. The summed E-state index contributed by atoms with van der Waals surface area (Å²) in [5.41, 5.74) is 4.68. The first-order chi connectivity index (χ1) is 18.5. The molecule has 3 N–H and O–H groups in total. The lowest BCUT2D eigenvalue weighted by Gasteiger charge is -2.33. The molecule has 0 radical (unpaired) electrons. The van der Waals surface area contributed by atoms with Gasteiger partial charge in [-0.1, -0.05) is 12.1 Å². The molecule has 1 amide bonds. The first kappa shape index (κ1) is 26.0. The first-order valence-corrected chi connectivity index (χ1v) is 13.4. The van der Waals surface area contributed by atoms with Gasteiger partial charge in [-0.05, 0) is 70.7 Å². The van der Waals surface area contributed by atoms with Crippen molar-refractivity contribution in [1.82, 2.24) is 25.2 Å². The Labute approximate surface area is 230 Å². The van der Waals surface area contributed by atoms with Crippen molar-refractivity contribution < 1.29 is 14.3 Å². The molecule has 0 unspecified atom stereocenters. The molecule has 38 heavy (non-hydrogen) atoms. The van der Waals surface area contributed by atoms with Crippen LogP contribution in [0.5, 0.6) is 11.5 Å². The Kier molecular flexibility index (Phi) is 8.09. The molecule has 4 aromatic rings. The van der Waals surface area contributed by atoms with Crippen LogP contribution in [0.25, 0.3) is 22.6 Å². The average molecular weight is 579 g/mol. The highest BCUT2D eigenvalue weighted by Crippen LogP contribution is 2.33. The van der Waals surface area contributed by atoms with E-state index in [2.05, 4.69) is 53.6 Å². The van der Waals surface area contributed by atoms with Gasteiger partial charge in [0.1, 0.15) is 22.8 Å². The number of anilines is 1. The third kappa shape index (κ3) is 6.08. The SMILES string of the molecule is CNC(=O)COc1ccc(-c2nc3c(NC4CCN(Cc5ccc(OC)cc5)CC4)c(Br)cnc3[nH]2)cc1. The zero-order valence-electron chi connectivity index (χ0n) is 21.5. The fourth-order valence-electron chi connectivity index (χ4n) is 4.56. The Morgan fingerprint density at radius 1 is 1.11 bits per heavy atom. The number of amides is 1. The van der Waals surface area contributed by atoms with Crippen molar-refractivity contribution in [3.05, 3.63) is 64.8 Å². The van der Waals surface area contributed by atoms with Gasteiger partial charge in [0.25, 0.3) is 5.91 Å². The van der Waals surface area contributed by atoms with Gasteiger partial charge in [-0.2, -0.15) is 0 Å². The molecule has 0 saturated carbocycles. The molecule has 0 spiro atoms. The molecular weight excluding hydrogens is 548 g/mol. The molecule has 2 aromatic carbocycles. The Balaban J connectivity index is 1.24. The smallest absolute Gasteiger partial charge is 0.257 e. The Morgan fingerprint density at radius 3 is 2.50 bits per heavy atom. The highest BCUT2D eigenvalue weighted by Gasteiger charge is 2.22. The number of H-pyrrole nitrogens is 1. The zero-order valence-corrected chi connectivity index (χ0v) is 23.0. The van der Waals surface area contributed by atoms with Gasteiger partial charge in [-0.3, -0.25) is 9.69 Å². The van der Waals surface area contributed by atoms with Crippen molar-refractivity contribution in [2.24, 2.45) is 0 Å². The molecule has 1 saturated heterocycles. The van der Waals surface area contributed by atoms with E-state index in [-0.39, 0.29) is 12.5 Å². The van der Waals surface area contributed by atoms with Gasteiger partial charge in [0.2, 0.25) is 0 Å². The molecule has 198 valence electrons. The van der Waals surface area contributed by atoms with Crippen molar-refractivity contribution in [3.8, 4) is 22.9 Å². The van der Waals surface area contributed by atoms with E-state index in [0.717, 1.165) is 70.9 Å². The molecule has 0 aliphatic carbocycles. The number of hydrogen-bond donors (Lipinski definition) is 3. The third-order valence-corrected chi connectivity index (χ3v) is 7.35. The van der Waals surface area contributed by atoms with Crippen molar-refractivity contribution in [3.63, 3.8) is 0 Å². The predicted molar refractivity (Wildman–Crippen MR) is 152 cm³/mol. The minimum Gasteiger partial charge on any atom is -0.497 e. The normalized spacial score (nSPS) is 14.4. The number of aromatic nitrogens is 3. The van der Waals surface area contributed by atoms with E-state index in [1.54, 1.807) is 20.4 Å². The van der Waals surface area contributed by atoms with Crippen LogP contribution in [0, 0.1) is 0 Å². The second-order valence-corrected chi connectivity index (χ2v) is 10.1. The average Bonchev–Trinajstić information content (AvgIpc) is 3.39. The number of aromatic amines is 1.